The standard InChI is InChI=1S/C18H22F3N3O3/c19-18(20,21)27-15-6-4-14(5-7-15)22-16(25)12-23-8-10-24(11-9-23)17(26)13-2-1-3-13/h4-7,13H,1-3,8-12H2,(H,22,25). The third-order valence-corrected chi connectivity index (χ3v) is 4.88. The van der Waals surface area contributed by atoms with Crippen molar-refractivity contribution in [1.82, 2.24) is 9.80 Å². The first-order valence-corrected chi connectivity index (χ1v) is 8.97. The number of ether oxygens (including phenoxy) is 1. The molecule has 27 heavy (non-hydrogen) atoms. The SMILES string of the molecule is O=C(CN1CCN(C(=O)C2CCC2)CC1)Nc1ccc(OC(F)(F)F)cc1. The fourth-order valence-electron chi connectivity index (χ4n) is 3.18. The van der Waals surface area contributed by atoms with Crippen LogP contribution >= 0.6 is 0 Å². The molecule has 1 N–H and O–H groups in total. The topological polar surface area (TPSA) is 61.9 Å². The second kappa shape index (κ2) is 8.16. The van der Waals surface area contributed by atoms with Crippen molar-refractivity contribution >= 4 is 17.5 Å². The van der Waals surface area contributed by atoms with Gasteiger partial charge < -0.3 is 15.0 Å². The number of carbonyl (C=O) groups is 2. The summed E-state index contributed by atoms with van der Waals surface area (Å²) in [6.45, 7) is 2.67. The summed E-state index contributed by atoms with van der Waals surface area (Å²) >= 11 is 0. The third kappa shape index (κ3) is 5.59. The predicted molar refractivity (Wildman–Crippen MR) is 92.1 cm³/mol. The molecule has 148 valence electrons. The molecule has 1 aliphatic carbocycles. The molecule has 1 heterocycles. The van der Waals surface area contributed by atoms with E-state index in [-0.39, 0.29) is 30.0 Å². The highest BCUT2D eigenvalue weighted by Gasteiger charge is 2.32. The van der Waals surface area contributed by atoms with E-state index in [4.69, 9.17) is 0 Å². The Bertz CT molecular complexity index is 667. The van der Waals surface area contributed by atoms with Crippen LogP contribution in [0.3, 0.4) is 0 Å². The van der Waals surface area contributed by atoms with Crippen molar-refractivity contribution in [2.24, 2.45) is 5.92 Å². The molecule has 6 nitrogen and oxygen atoms in total. The highest BCUT2D eigenvalue weighted by atomic mass is 19.4. The summed E-state index contributed by atoms with van der Waals surface area (Å²) in [6.07, 6.45) is -1.66. The van der Waals surface area contributed by atoms with E-state index in [0.717, 1.165) is 31.4 Å². The zero-order chi connectivity index (χ0) is 19.4. The minimum absolute atomic E-state index is 0.173. The molecule has 0 aromatic heterocycles. The molecule has 1 aromatic rings. The first kappa shape index (κ1) is 19.5. The van der Waals surface area contributed by atoms with E-state index in [1.165, 1.54) is 12.1 Å². The molecular formula is C18H22F3N3O3. The van der Waals surface area contributed by atoms with Crippen LogP contribution in [0.5, 0.6) is 5.75 Å². The van der Waals surface area contributed by atoms with Gasteiger partial charge in [-0.05, 0) is 37.1 Å². The summed E-state index contributed by atoms with van der Waals surface area (Å²) in [5.41, 5.74) is 0.397. The Hall–Kier alpha value is -2.29. The minimum atomic E-state index is -4.74. The number of piperazine rings is 1. The Balaban J connectivity index is 1.41. The van der Waals surface area contributed by atoms with Crippen LogP contribution in [0.25, 0.3) is 0 Å². The number of nitrogens with one attached hydrogen (secondary N) is 1. The number of amides is 2. The van der Waals surface area contributed by atoms with E-state index in [2.05, 4.69) is 10.1 Å². The van der Waals surface area contributed by atoms with Gasteiger partial charge in [-0.1, -0.05) is 6.42 Å². The summed E-state index contributed by atoms with van der Waals surface area (Å²) in [4.78, 5) is 28.2. The number of carbonyl (C=O) groups excluding carboxylic acids is 2. The van der Waals surface area contributed by atoms with Gasteiger partial charge in [-0.25, -0.2) is 0 Å². The van der Waals surface area contributed by atoms with Gasteiger partial charge in [-0.3, -0.25) is 14.5 Å². The van der Waals surface area contributed by atoms with Gasteiger partial charge >= 0.3 is 6.36 Å². The van der Waals surface area contributed by atoms with Gasteiger partial charge in [0.05, 0.1) is 6.54 Å². The molecule has 0 bridgehead atoms. The van der Waals surface area contributed by atoms with Crippen LogP contribution in [0.4, 0.5) is 18.9 Å². The molecule has 0 spiro atoms. The number of nitrogens with zero attached hydrogens (tertiary/aromatic N) is 2. The zero-order valence-corrected chi connectivity index (χ0v) is 14.8. The van der Waals surface area contributed by atoms with E-state index < -0.39 is 6.36 Å². The van der Waals surface area contributed by atoms with Crippen LogP contribution < -0.4 is 10.1 Å². The van der Waals surface area contributed by atoms with Crippen LogP contribution in [-0.2, 0) is 9.59 Å². The van der Waals surface area contributed by atoms with Gasteiger partial charge in [-0.15, -0.1) is 13.2 Å². The number of alkyl halides is 3. The van der Waals surface area contributed by atoms with E-state index in [1.807, 2.05) is 9.80 Å². The third-order valence-electron chi connectivity index (χ3n) is 4.88. The van der Waals surface area contributed by atoms with Crippen LogP contribution in [0.1, 0.15) is 19.3 Å². The quantitative estimate of drug-likeness (QED) is 0.846. The first-order chi connectivity index (χ1) is 12.8. The monoisotopic (exact) mass is 385 g/mol. The molecule has 0 atom stereocenters. The van der Waals surface area contributed by atoms with E-state index in [0.29, 0.717) is 31.9 Å². The van der Waals surface area contributed by atoms with Crippen molar-refractivity contribution in [3.63, 3.8) is 0 Å². The largest absolute Gasteiger partial charge is 0.573 e. The second-order valence-corrected chi connectivity index (χ2v) is 6.85. The zero-order valence-electron chi connectivity index (χ0n) is 14.8. The molecular weight excluding hydrogens is 363 g/mol. The van der Waals surface area contributed by atoms with Gasteiger partial charge in [0.15, 0.2) is 0 Å². The normalized spacial score (nSPS) is 18.7. The maximum absolute atomic E-state index is 12.2. The summed E-state index contributed by atoms with van der Waals surface area (Å²) < 4.78 is 40.2. The van der Waals surface area contributed by atoms with Gasteiger partial charge in [0.25, 0.3) is 0 Å². The van der Waals surface area contributed by atoms with E-state index in [9.17, 15) is 22.8 Å². The van der Waals surface area contributed by atoms with Gasteiger partial charge in [0.1, 0.15) is 5.75 Å². The molecule has 2 aliphatic rings. The molecule has 9 heteroatoms. The number of benzene rings is 1. The maximum Gasteiger partial charge on any atom is 0.573 e. The number of hydrogen-bond acceptors (Lipinski definition) is 4. The Kier molecular flexibility index (Phi) is 5.88. The van der Waals surface area contributed by atoms with Crippen LogP contribution in [0, 0.1) is 5.92 Å². The Morgan fingerprint density at radius 2 is 1.70 bits per heavy atom. The lowest BCUT2D eigenvalue weighted by Gasteiger charge is -2.38. The molecule has 1 saturated carbocycles. The molecule has 1 saturated heterocycles. The lowest BCUT2D eigenvalue weighted by atomic mass is 9.84. The van der Waals surface area contributed by atoms with Crippen LogP contribution in [0.2, 0.25) is 0 Å². The van der Waals surface area contributed by atoms with Crippen molar-refractivity contribution in [2.45, 2.75) is 25.6 Å². The van der Waals surface area contributed by atoms with Crippen molar-refractivity contribution in [1.29, 1.82) is 0 Å². The van der Waals surface area contributed by atoms with Gasteiger partial charge in [0, 0.05) is 37.8 Å². The lowest BCUT2D eigenvalue weighted by Crippen LogP contribution is -2.52. The first-order valence-electron chi connectivity index (χ1n) is 8.97. The predicted octanol–water partition coefficient (Wildman–Crippen LogP) is 2.47. The molecule has 1 aliphatic heterocycles. The summed E-state index contributed by atoms with van der Waals surface area (Å²) in [6, 6.07) is 5.00. The smallest absolute Gasteiger partial charge is 0.406 e. The Morgan fingerprint density at radius 1 is 1.07 bits per heavy atom. The Morgan fingerprint density at radius 3 is 2.22 bits per heavy atom. The fraction of sp³-hybridized carbons (Fsp3) is 0.556. The summed E-state index contributed by atoms with van der Waals surface area (Å²) in [5.74, 6) is -0.179. The second-order valence-electron chi connectivity index (χ2n) is 6.85. The average Bonchev–Trinajstić information content (AvgIpc) is 2.54. The molecule has 2 amide bonds. The Labute approximate surface area is 155 Å². The molecule has 2 fully saturated rings. The van der Waals surface area contributed by atoms with Crippen molar-refractivity contribution in [3.8, 4) is 5.75 Å². The molecule has 3 rings (SSSR count). The van der Waals surface area contributed by atoms with Crippen molar-refractivity contribution in [2.75, 3.05) is 38.0 Å². The van der Waals surface area contributed by atoms with Crippen molar-refractivity contribution in [3.05, 3.63) is 24.3 Å². The maximum atomic E-state index is 12.2. The van der Waals surface area contributed by atoms with Crippen LogP contribution in [-0.4, -0.2) is 60.7 Å². The minimum Gasteiger partial charge on any atom is -0.406 e. The molecule has 1 aromatic carbocycles. The van der Waals surface area contributed by atoms with E-state index in [1.54, 1.807) is 0 Å². The lowest BCUT2D eigenvalue weighted by molar-refractivity contribution is -0.274. The summed E-state index contributed by atoms with van der Waals surface area (Å²) in [7, 11) is 0. The highest BCUT2D eigenvalue weighted by molar-refractivity contribution is 5.92. The van der Waals surface area contributed by atoms with Crippen LogP contribution in [0.15, 0.2) is 24.3 Å². The molecule has 0 unspecified atom stereocenters. The van der Waals surface area contributed by atoms with Gasteiger partial charge in [-0.2, -0.15) is 0 Å². The number of halogens is 3. The average molecular weight is 385 g/mol. The summed E-state index contributed by atoms with van der Waals surface area (Å²) in [5, 5.41) is 2.65. The fourth-order valence-corrected chi connectivity index (χ4v) is 3.18. The number of anilines is 1. The number of hydrogen-bond donors (Lipinski definition) is 1. The van der Waals surface area contributed by atoms with E-state index >= 15 is 0 Å². The number of rotatable bonds is 5. The molecule has 0 radical (unpaired) electrons. The van der Waals surface area contributed by atoms with Gasteiger partial charge in [0.2, 0.25) is 11.8 Å². The van der Waals surface area contributed by atoms with Crippen molar-refractivity contribution < 1.29 is 27.5 Å². The highest BCUT2D eigenvalue weighted by Crippen LogP contribution is 2.28.